The van der Waals surface area contributed by atoms with Gasteiger partial charge in [-0.3, -0.25) is 4.90 Å². The first-order chi connectivity index (χ1) is 17.1. The lowest BCUT2D eigenvalue weighted by molar-refractivity contribution is -0.140. The predicted octanol–water partition coefficient (Wildman–Crippen LogP) is 5.56. The molecule has 0 radical (unpaired) electrons. The molecule has 1 aliphatic rings. The van der Waals surface area contributed by atoms with Gasteiger partial charge in [0.1, 0.15) is 11.6 Å². The smallest absolute Gasteiger partial charge is 0.338 e. The number of hydrogen-bond donors (Lipinski definition) is 3. The van der Waals surface area contributed by atoms with Crippen molar-refractivity contribution >= 4 is 29.4 Å². The van der Waals surface area contributed by atoms with Gasteiger partial charge in [-0.15, -0.1) is 0 Å². The van der Waals surface area contributed by atoms with Gasteiger partial charge >= 0.3 is 18.0 Å². The molecule has 3 rings (SSSR count). The molecule has 4 amide bonds. The molecule has 0 unspecified atom stereocenters. The quantitative estimate of drug-likeness (QED) is 0.413. The molecule has 1 atom stereocenters. The Kier molecular flexibility index (Phi) is 8.63. The zero-order chi connectivity index (χ0) is 26.4. The average molecular weight is 501 g/mol. The molecule has 2 aromatic rings. The highest BCUT2D eigenvalue weighted by Crippen LogP contribution is 2.32. The minimum atomic E-state index is -0.911. The molecule has 36 heavy (non-hydrogen) atoms. The van der Waals surface area contributed by atoms with E-state index in [0.29, 0.717) is 41.6 Å². The molecule has 0 fully saturated rings. The van der Waals surface area contributed by atoms with Crippen molar-refractivity contribution in [2.45, 2.75) is 40.2 Å². The maximum absolute atomic E-state index is 13.9. The molecule has 0 saturated heterocycles. The van der Waals surface area contributed by atoms with Gasteiger partial charge < -0.3 is 20.7 Å². The summed E-state index contributed by atoms with van der Waals surface area (Å²) in [7, 11) is 0. The average Bonchev–Trinajstić information content (AvgIpc) is 2.82. The number of carbonyl (C=O) groups is 3. The second-order valence-corrected chi connectivity index (χ2v) is 8.85. The molecule has 10 heteroatoms. The normalized spacial score (nSPS) is 15.6. The van der Waals surface area contributed by atoms with Crippen LogP contribution in [0.1, 0.15) is 45.7 Å². The van der Waals surface area contributed by atoms with Crippen LogP contribution in [0.4, 0.5) is 29.7 Å². The standard InChI is InChI=1S/C26H30F2N4O4/c1-5-11-32-16(4)22(24(33)36-14-15(2)3)23(31-26(32)35)17-7-6-8-19(12-17)29-25(34)30-21-10-9-18(27)13-20(21)28/h6-10,12-13,15,23H,5,11,14H2,1-4H3,(H,31,35)(H2,29,30,34)/t23-/m0/s1. The minimum absolute atomic E-state index is 0.134. The number of halogens is 2. The molecule has 8 nitrogen and oxygen atoms in total. The highest BCUT2D eigenvalue weighted by atomic mass is 19.1. The molecule has 0 spiro atoms. The Bertz CT molecular complexity index is 1180. The maximum Gasteiger partial charge on any atom is 0.338 e. The number of amides is 4. The van der Waals surface area contributed by atoms with Gasteiger partial charge in [0.05, 0.1) is 23.9 Å². The summed E-state index contributed by atoms with van der Waals surface area (Å²) in [5.74, 6) is -2.07. The predicted molar refractivity (Wildman–Crippen MR) is 132 cm³/mol. The summed E-state index contributed by atoms with van der Waals surface area (Å²) in [6, 6.07) is 7.49. The van der Waals surface area contributed by atoms with Crippen molar-refractivity contribution < 1.29 is 27.9 Å². The van der Waals surface area contributed by atoms with E-state index in [-0.39, 0.29) is 24.2 Å². The second kappa shape index (κ2) is 11.7. The molecular formula is C26H30F2N4O4. The first-order valence-electron chi connectivity index (χ1n) is 11.7. The van der Waals surface area contributed by atoms with E-state index in [2.05, 4.69) is 16.0 Å². The molecule has 0 bridgehead atoms. The van der Waals surface area contributed by atoms with E-state index in [1.807, 2.05) is 20.8 Å². The zero-order valence-corrected chi connectivity index (χ0v) is 20.7. The van der Waals surface area contributed by atoms with Gasteiger partial charge in [0.15, 0.2) is 0 Å². The van der Waals surface area contributed by atoms with E-state index in [1.54, 1.807) is 31.2 Å². The van der Waals surface area contributed by atoms with Crippen LogP contribution in [0.25, 0.3) is 0 Å². The first kappa shape index (κ1) is 26.7. The van der Waals surface area contributed by atoms with E-state index in [0.717, 1.165) is 12.1 Å². The Morgan fingerprint density at radius 3 is 2.56 bits per heavy atom. The van der Waals surface area contributed by atoms with Crippen molar-refractivity contribution in [1.82, 2.24) is 10.2 Å². The zero-order valence-electron chi connectivity index (χ0n) is 20.7. The Balaban J connectivity index is 1.87. The summed E-state index contributed by atoms with van der Waals surface area (Å²) in [6.45, 7) is 8.16. The molecule has 2 aromatic carbocycles. The topological polar surface area (TPSA) is 99.8 Å². The molecule has 0 aliphatic carbocycles. The van der Waals surface area contributed by atoms with Gasteiger partial charge in [-0.05, 0) is 49.1 Å². The van der Waals surface area contributed by atoms with Crippen molar-refractivity contribution in [2.24, 2.45) is 5.92 Å². The van der Waals surface area contributed by atoms with Gasteiger partial charge in [0.25, 0.3) is 0 Å². The third-order valence-corrected chi connectivity index (χ3v) is 5.47. The molecule has 0 aromatic heterocycles. The molecule has 0 saturated carbocycles. The van der Waals surface area contributed by atoms with Crippen LogP contribution in [-0.2, 0) is 9.53 Å². The summed E-state index contributed by atoms with van der Waals surface area (Å²) < 4.78 is 32.5. The van der Waals surface area contributed by atoms with Gasteiger partial charge in [-0.2, -0.15) is 0 Å². The largest absolute Gasteiger partial charge is 0.462 e. The molecular weight excluding hydrogens is 470 g/mol. The van der Waals surface area contributed by atoms with Crippen LogP contribution >= 0.6 is 0 Å². The highest BCUT2D eigenvalue weighted by molar-refractivity contribution is 6.00. The number of esters is 1. The number of carbonyl (C=O) groups excluding carboxylic acids is 3. The van der Waals surface area contributed by atoms with Crippen LogP contribution in [0.2, 0.25) is 0 Å². The lowest BCUT2D eigenvalue weighted by atomic mass is 9.94. The Morgan fingerprint density at radius 1 is 1.14 bits per heavy atom. The fourth-order valence-corrected chi connectivity index (χ4v) is 3.78. The maximum atomic E-state index is 13.9. The van der Waals surface area contributed by atoms with Crippen molar-refractivity contribution in [1.29, 1.82) is 0 Å². The van der Waals surface area contributed by atoms with E-state index in [4.69, 9.17) is 4.74 Å². The van der Waals surface area contributed by atoms with Gasteiger partial charge in [0, 0.05) is 24.0 Å². The lowest BCUT2D eigenvalue weighted by Gasteiger charge is -2.35. The van der Waals surface area contributed by atoms with Crippen LogP contribution < -0.4 is 16.0 Å². The number of ether oxygens (including phenoxy) is 1. The number of nitrogens with one attached hydrogen (secondary N) is 3. The Hall–Kier alpha value is -3.95. The monoisotopic (exact) mass is 500 g/mol. The minimum Gasteiger partial charge on any atom is -0.462 e. The fraction of sp³-hybridized carbons (Fsp3) is 0.346. The Morgan fingerprint density at radius 2 is 1.89 bits per heavy atom. The summed E-state index contributed by atoms with van der Waals surface area (Å²) in [6.07, 6.45) is 0.701. The molecule has 3 N–H and O–H groups in total. The van der Waals surface area contributed by atoms with Crippen LogP contribution in [-0.4, -0.2) is 36.1 Å². The van der Waals surface area contributed by atoms with Gasteiger partial charge in [0.2, 0.25) is 0 Å². The Labute approximate surface area is 208 Å². The van der Waals surface area contributed by atoms with Crippen molar-refractivity contribution in [3.05, 3.63) is 70.9 Å². The highest BCUT2D eigenvalue weighted by Gasteiger charge is 2.36. The van der Waals surface area contributed by atoms with Gasteiger partial charge in [-0.1, -0.05) is 32.9 Å². The number of anilines is 2. The van der Waals surface area contributed by atoms with E-state index < -0.39 is 29.7 Å². The van der Waals surface area contributed by atoms with Gasteiger partial charge in [-0.25, -0.2) is 23.2 Å². The molecule has 1 heterocycles. The third-order valence-electron chi connectivity index (χ3n) is 5.47. The number of hydrogen-bond acceptors (Lipinski definition) is 4. The molecule has 1 aliphatic heterocycles. The second-order valence-electron chi connectivity index (χ2n) is 8.85. The van der Waals surface area contributed by atoms with E-state index in [1.165, 1.54) is 4.90 Å². The summed E-state index contributed by atoms with van der Waals surface area (Å²) in [5.41, 5.74) is 1.50. The van der Waals surface area contributed by atoms with Crippen LogP contribution in [0.3, 0.4) is 0 Å². The number of allylic oxidation sites excluding steroid dienone is 1. The number of rotatable bonds is 8. The molecule has 192 valence electrons. The van der Waals surface area contributed by atoms with Crippen molar-refractivity contribution in [3.63, 3.8) is 0 Å². The summed E-state index contributed by atoms with van der Waals surface area (Å²) in [5, 5.41) is 7.77. The summed E-state index contributed by atoms with van der Waals surface area (Å²) >= 11 is 0. The number of benzene rings is 2. The van der Waals surface area contributed by atoms with Crippen LogP contribution in [0, 0.1) is 17.6 Å². The summed E-state index contributed by atoms with van der Waals surface area (Å²) in [4.78, 5) is 39.8. The van der Waals surface area contributed by atoms with E-state index in [9.17, 15) is 23.2 Å². The number of nitrogens with zero attached hydrogens (tertiary/aromatic N) is 1. The third kappa shape index (κ3) is 6.38. The lowest BCUT2D eigenvalue weighted by Crippen LogP contribution is -2.48. The SMILES string of the molecule is CCCN1C(=O)N[C@@H](c2cccc(NC(=O)Nc3ccc(F)cc3F)c2)C(C(=O)OCC(C)C)=C1C. The van der Waals surface area contributed by atoms with E-state index >= 15 is 0 Å². The van der Waals surface area contributed by atoms with Crippen LogP contribution in [0.15, 0.2) is 53.7 Å². The van der Waals surface area contributed by atoms with Crippen molar-refractivity contribution in [2.75, 3.05) is 23.8 Å². The fourth-order valence-electron chi connectivity index (χ4n) is 3.78. The van der Waals surface area contributed by atoms with Crippen LogP contribution in [0.5, 0.6) is 0 Å². The van der Waals surface area contributed by atoms with Crippen molar-refractivity contribution in [3.8, 4) is 0 Å². The number of urea groups is 2. The first-order valence-corrected chi connectivity index (χ1v) is 11.7.